The molecule has 0 fully saturated rings. The summed E-state index contributed by atoms with van der Waals surface area (Å²) in [6, 6.07) is 14.6. The van der Waals surface area contributed by atoms with Crippen molar-refractivity contribution in [3.63, 3.8) is 0 Å². The third kappa shape index (κ3) is 2.35. The average molecular weight is 263 g/mol. The lowest BCUT2D eigenvalue weighted by Gasteiger charge is -2.25. The average Bonchev–Trinajstić information content (AvgIpc) is 2.39. The monoisotopic (exact) mass is 262 g/mol. The SMILES string of the molecule is COc1cccc(C(C)(O)c2ccccc2Cl)c1. The van der Waals surface area contributed by atoms with Crippen molar-refractivity contribution in [3.8, 4) is 5.75 Å². The first kappa shape index (κ1) is 12.9. The first-order valence-corrected chi connectivity index (χ1v) is 6.05. The van der Waals surface area contributed by atoms with Gasteiger partial charge in [0, 0.05) is 10.6 Å². The van der Waals surface area contributed by atoms with Gasteiger partial charge in [-0.1, -0.05) is 41.9 Å². The smallest absolute Gasteiger partial charge is 0.119 e. The molecule has 3 heteroatoms. The standard InChI is InChI=1S/C15H15ClO2/c1-15(17,13-8-3-4-9-14(13)16)11-6-5-7-12(10-11)18-2/h3-10,17H,1-2H3. The molecular formula is C15H15ClO2. The van der Waals surface area contributed by atoms with Gasteiger partial charge in [-0.3, -0.25) is 0 Å². The second-order valence-electron chi connectivity index (χ2n) is 4.28. The second-order valence-corrected chi connectivity index (χ2v) is 4.69. The van der Waals surface area contributed by atoms with Crippen LogP contribution in [0.4, 0.5) is 0 Å². The van der Waals surface area contributed by atoms with Crippen LogP contribution in [-0.2, 0) is 5.60 Å². The van der Waals surface area contributed by atoms with E-state index in [1.807, 2.05) is 42.5 Å². The zero-order valence-electron chi connectivity index (χ0n) is 10.4. The number of halogens is 1. The number of rotatable bonds is 3. The summed E-state index contributed by atoms with van der Waals surface area (Å²) in [5.41, 5.74) is 0.280. The van der Waals surface area contributed by atoms with Crippen molar-refractivity contribution in [2.75, 3.05) is 7.11 Å². The van der Waals surface area contributed by atoms with E-state index in [2.05, 4.69) is 0 Å². The Kier molecular flexibility index (Phi) is 3.60. The van der Waals surface area contributed by atoms with Crippen LogP contribution in [0.3, 0.4) is 0 Å². The molecule has 2 aromatic carbocycles. The predicted molar refractivity (Wildman–Crippen MR) is 73.1 cm³/mol. The molecule has 0 aromatic heterocycles. The number of methoxy groups -OCH3 is 1. The van der Waals surface area contributed by atoms with Gasteiger partial charge in [0.05, 0.1) is 7.11 Å². The third-order valence-corrected chi connectivity index (χ3v) is 3.36. The van der Waals surface area contributed by atoms with E-state index in [1.165, 1.54) is 0 Å². The number of ether oxygens (including phenoxy) is 1. The van der Waals surface area contributed by atoms with Crippen molar-refractivity contribution >= 4 is 11.6 Å². The molecule has 2 rings (SSSR count). The molecule has 1 atom stereocenters. The Bertz CT molecular complexity index is 550. The van der Waals surface area contributed by atoms with Crippen molar-refractivity contribution in [1.82, 2.24) is 0 Å². The quantitative estimate of drug-likeness (QED) is 0.916. The maximum Gasteiger partial charge on any atom is 0.119 e. The van der Waals surface area contributed by atoms with E-state index in [0.717, 1.165) is 5.56 Å². The van der Waals surface area contributed by atoms with Gasteiger partial charge in [-0.15, -0.1) is 0 Å². The molecule has 0 saturated heterocycles. The molecule has 1 unspecified atom stereocenters. The molecule has 0 spiro atoms. The van der Waals surface area contributed by atoms with Crippen LogP contribution in [-0.4, -0.2) is 12.2 Å². The molecule has 0 radical (unpaired) electrons. The highest BCUT2D eigenvalue weighted by molar-refractivity contribution is 6.31. The first-order chi connectivity index (χ1) is 8.55. The Labute approximate surface area is 112 Å². The van der Waals surface area contributed by atoms with E-state index in [0.29, 0.717) is 16.3 Å². The minimum Gasteiger partial charge on any atom is -0.497 e. The van der Waals surface area contributed by atoms with Crippen LogP contribution in [0.25, 0.3) is 0 Å². The number of benzene rings is 2. The molecule has 18 heavy (non-hydrogen) atoms. The molecule has 0 aliphatic rings. The molecule has 0 aliphatic heterocycles. The van der Waals surface area contributed by atoms with Gasteiger partial charge in [-0.25, -0.2) is 0 Å². The normalized spacial score (nSPS) is 14.0. The van der Waals surface area contributed by atoms with Crippen LogP contribution in [0.2, 0.25) is 5.02 Å². The molecule has 2 aromatic rings. The van der Waals surface area contributed by atoms with Gasteiger partial charge >= 0.3 is 0 Å². The fraction of sp³-hybridized carbons (Fsp3) is 0.200. The van der Waals surface area contributed by atoms with E-state index in [9.17, 15) is 5.11 Å². The lowest BCUT2D eigenvalue weighted by molar-refractivity contribution is 0.102. The van der Waals surface area contributed by atoms with Gasteiger partial charge in [0.15, 0.2) is 0 Å². The fourth-order valence-corrected chi connectivity index (χ4v) is 2.26. The molecular weight excluding hydrogens is 248 g/mol. The van der Waals surface area contributed by atoms with Gasteiger partial charge < -0.3 is 9.84 Å². The maximum absolute atomic E-state index is 10.7. The number of hydrogen-bond donors (Lipinski definition) is 1. The molecule has 0 bridgehead atoms. The highest BCUT2D eigenvalue weighted by Crippen LogP contribution is 2.34. The summed E-state index contributed by atoms with van der Waals surface area (Å²) in [6.45, 7) is 1.73. The summed E-state index contributed by atoms with van der Waals surface area (Å²) in [5, 5.41) is 11.3. The van der Waals surface area contributed by atoms with Crippen molar-refractivity contribution < 1.29 is 9.84 Å². The zero-order valence-corrected chi connectivity index (χ0v) is 11.1. The van der Waals surface area contributed by atoms with E-state index in [4.69, 9.17) is 16.3 Å². The third-order valence-electron chi connectivity index (χ3n) is 3.03. The second kappa shape index (κ2) is 5.01. The van der Waals surface area contributed by atoms with Gasteiger partial charge in [-0.2, -0.15) is 0 Å². The first-order valence-electron chi connectivity index (χ1n) is 5.67. The van der Waals surface area contributed by atoms with Gasteiger partial charge in [-0.05, 0) is 30.7 Å². The van der Waals surface area contributed by atoms with Crippen LogP contribution in [0.5, 0.6) is 5.75 Å². The maximum atomic E-state index is 10.7. The number of aliphatic hydroxyl groups is 1. The van der Waals surface area contributed by atoms with E-state index < -0.39 is 5.60 Å². The fourth-order valence-electron chi connectivity index (χ4n) is 1.94. The number of hydrogen-bond acceptors (Lipinski definition) is 2. The summed E-state index contributed by atoms with van der Waals surface area (Å²) in [4.78, 5) is 0. The highest BCUT2D eigenvalue weighted by Gasteiger charge is 2.27. The van der Waals surface area contributed by atoms with Crippen molar-refractivity contribution in [3.05, 3.63) is 64.7 Å². The van der Waals surface area contributed by atoms with E-state index in [-0.39, 0.29) is 0 Å². The van der Waals surface area contributed by atoms with E-state index in [1.54, 1.807) is 20.1 Å². The van der Waals surface area contributed by atoms with Crippen LogP contribution >= 0.6 is 11.6 Å². The minimum atomic E-state index is -1.15. The summed E-state index contributed by atoms with van der Waals surface area (Å²) in [7, 11) is 1.60. The minimum absolute atomic E-state index is 0.547. The van der Waals surface area contributed by atoms with Gasteiger partial charge in [0.2, 0.25) is 0 Å². The Morgan fingerprint density at radius 3 is 2.50 bits per heavy atom. The molecule has 2 nitrogen and oxygen atoms in total. The largest absolute Gasteiger partial charge is 0.497 e. The molecule has 0 heterocycles. The van der Waals surface area contributed by atoms with Crippen LogP contribution in [0.15, 0.2) is 48.5 Å². The van der Waals surface area contributed by atoms with E-state index >= 15 is 0 Å². The lowest BCUT2D eigenvalue weighted by atomic mass is 9.88. The Morgan fingerprint density at radius 1 is 1.11 bits per heavy atom. The summed E-state index contributed by atoms with van der Waals surface area (Å²) in [5.74, 6) is 0.708. The lowest BCUT2D eigenvalue weighted by Crippen LogP contribution is -2.23. The molecule has 0 amide bonds. The van der Waals surface area contributed by atoms with Crippen LogP contribution < -0.4 is 4.74 Å². The zero-order chi connectivity index (χ0) is 13.2. The highest BCUT2D eigenvalue weighted by atomic mass is 35.5. The Morgan fingerprint density at radius 2 is 1.83 bits per heavy atom. The molecule has 0 aliphatic carbocycles. The predicted octanol–water partition coefficient (Wildman–Crippen LogP) is 3.60. The molecule has 1 N–H and O–H groups in total. The molecule has 94 valence electrons. The summed E-state index contributed by atoms with van der Waals surface area (Å²) >= 11 is 6.14. The van der Waals surface area contributed by atoms with Crippen molar-refractivity contribution in [2.24, 2.45) is 0 Å². The van der Waals surface area contributed by atoms with Gasteiger partial charge in [0.25, 0.3) is 0 Å². The van der Waals surface area contributed by atoms with Gasteiger partial charge in [0.1, 0.15) is 11.4 Å². The van der Waals surface area contributed by atoms with Crippen molar-refractivity contribution in [1.29, 1.82) is 0 Å². The summed E-state index contributed by atoms with van der Waals surface area (Å²) < 4.78 is 5.17. The summed E-state index contributed by atoms with van der Waals surface area (Å²) in [6.07, 6.45) is 0. The van der Waals surface area contributed by atoms with Crippen molar-refractivity contribution in [2.45, 2.75) is 12.5 Å². The Balaban J connectivity index is 2.50. The molecule has 0 saturated carbocycles. The topological polar surface area (TPSA) is 29.5 Å². The van der Waals surface area contributed by atoms with Crippen LogP contribution in [0, 0.1) is 0 Å². The van der Waals surface area contributed by atoms with Crippen LogP contribution in [0.1, 0.15) is 18.1 Å². The Hall–Kier alpha value is -1.51.